The molecule has 0 aromatic heterocycles. The molecule has 25 heavy (non-hydrogen) atoms. The molecule has 0 aliphatic heterocycles. The fraction of sp³-hybridized carbons (Fsp3) is 0.238. The van der Waals surface area contributed by atoms with Crippen molar-refractivity contribution in [2.75, 3.05) is 0 Å². The van der Waals surface area contributed by atoms with Crippen LogP contribution in [0.5, 0.6) is 5.75 Å². The minimum absolute atomic E-state index is 0.354. The summed E-state index contributed by atoms with van der Waals surface area (Å²) in [5.74, 6) is 0.878. The molecule has 3 aromatic carbocycles. The maximum absolute atomic E-state index is 6.26. The van der Waals surface area contributed by atoms with Gasteiger partial charge in [0.1, 0.15) is 12.4 Å². The van der Waals surface area contributed by atoms with Gasteiger partial charge in [0.15, 0.2) is 0 Å². The van der Waals surface area contributed by atoms with Crippen LogP contribution in [-0.4, -0.2) is 6.04 Å². The maximum atomic E-state index is 6.26. The fourth-order valence-electron chi connectivity index (χ4n) is 2.99. The molecular formula is C21H19Cl2NO. The molecule has 0 heterocycles. The molecule has 0 bridgehead atoms. The first-order valence-electron chi connectivity index (χ1n) is 8.52. The second-order valence-corrected chi connectivity index (χ2v) is 7.22. The molecule has 0 atom stereocenters. The van der Waals surface area contributed by atoms with Gasteiger partial charge in [0.2, 0.25) is 0 Å². The third kappa shape index (κ3) is 3.77. The number of hydrogen-bond donors (Lipinski definition) is 1. The van der Waals surface area contributed by atoms with Crippen LogP contribution in [-0.2, 0) is 13.2 Å². The second kappa shape index (κ2) is 7.25. The van der Waals surface area contributed by atoms with Gasteiger partial charge in [0.25, 0.3) is 0 Å². The Morgan fingerprint density at radius 2 is 1.64 bits per heavy atom. The summed E-state index contributed by atoms with van der Waals surface area (Å²) < 4.78 is 6.14. The van der Waals surface area contributed by atoms with E-state index in [2.05, 4.69) is 35.6 Å². The summed E-state index contributed by atoms with van der Waals surface area (Å²) >= 11 is 12.5. The summed E-state index contributed by atoms with van der Waals surface area (Å²) in [4.78, 5) is 0. The summed E-state index contributed by atoms with van der Waals surface area (Å²) in [6, 6.07) is 18.7. The van der Waals surface area contributed by atoms with Gasteiger partial charge in [0.05, 0.1) is 0 Å². The third-order valence-corrected chi connectivity index (χ3v) is 5.28. The quantitative estimate of drug-likeness (QED) is 0.575. The van der Waals surface area contributed by atoms with Crippen molar-refractivity contribution in [3.8, 4) is 5.75 Å². The molecule has 128 valence electrons. The van der Waals surface area contributed by atoms with Crippen molar-refractivity contribution < 1.29 is 4.74 Å². The Morgan fingerprint density at radius 1 is 0.880 bits per heavy atom. The first kappa shape index (κ1) is 16.7. The van der Waals surface area contributed by atoms with E-state index in [-0.39, 0.29) is 0 Å². The predicted molar refractivity (Wildman–Crippen MR) is 105 cm³/mol. The lowest BCUT2D eigenvalue weighted by atomic mass is 10.0. The van der Waals surface area contributed by atoms with E-state index in [1.165, 1.54) is 29.2 Å². The van der Waals surface area contributed by atoms with Crippen molar-refractivity contribution in [2.45, 2.75) is 32.0 Å². The number of fused-ring (bicyclic) bond motifs is 1. The highest BCUT2D eigenvalue weighted by Gasteiger charge is 2.21. The number of rotatable bonds is 6. The van der Waals surface area contributed by atoms with Gasteiger partial charge in [-0.3, -0.25) is 0 Å². The van der Waals surface area contributed by atoms with Crippen molar-refractivity contribution >= 4 is 34.0 Å². The van der Waals surface area contributed by atoms with Crippen LogP contribution in [0.15, 0.2) is 54.6 Å². The summed E-state index contributed by atoms with van der Waals surface area (Å²) in [5, 5.41) is 7.30. The molecule has 1 aliphatic carbocycles. The summed E-state index contributed by atoms with van der Waals surface area (Å²) in [6.07, 6.45) is 2.52. The highest BCUT2D eigenvalue weighted by molar-refractivity contribution is 6.35. The molecule has 0 amide bonds. The Balaban J connectivity index is 1.64. The van der Waals surface area contributed by atoms with Gasteiger partial charge in [-0.1, -0.05) is 59.6 Å². The van der Waals surface area contributed by atoms with Crippen molar-refractivity contribution in [2.24, 2.45) is 0 Å². The van der Waals surface area contributed by atoms with Gasteiger partial charge in [0, 0.05) is 33.8 Å². The fourth-order valence-corrected chi connectivity index (χ4v) is 3.49. The zero-order valence-electron chi connectivity index (χ0n) is 13.8. The average molecular weight is 372 g/mol. The molecule has 1 saturated carbocycles. The predicted octanol–water partition coefficient (Wildman–Crippen LogP) is 5.98. The highest BCUT2D eigenvalue weighted by atomic mass is 35.5. The van der Waals surface area contributed by atoms with Crippen molar-refractivity contribution in [1.29, 1.82) is 0 Å². The Bertz CT molecular complexity index is 885. The van der Waals surface area contributed by atoms with Crippen molar-refractivity contribution in [3.05, 3.63) is 75.8 Å². The molecule has 1 aliphatic rings. The van der Waals surface area contributed by atoms with Gasteiger partial charge in [-0.05, 0) is 41.8 Å². The SMILES string of the molecule is Clc1cccc(Cl)c1COc1ccc2ccccc2c1CNC1CC1. The first-order chi connectivity index (χ1) is 12.2. The van der Waals surface area contributed by atoms with Gasteiger partial charge < -0.3 is 10.1 Å². The van der Waals surface area contributed by atoms with Gasteiger partial charge in [-0.15, -0.1) is 0 Å². The Labute approximate surface area is 157 Å². The second-order valence-electron chi connectivity index (χ2n) is 6.41. The summed E-state index contributed by atoms with van der Waals surface area (Å²) in [5.41, 5.74) is 2.01. The van der Waals surface area contributed by atoms with Gasteiger partial charge >= 0.3 is 0 Å². The van der Waals surface area contributed by atoms with E-state index < -0.39 is 0 Å². The van der Waals surface area contributed by atoms with E-state index in [9.17, 15) is 0 Å². The molecule has 3 aromatic rings. The molecule has 0 radical (unpaired) electrons. The zero-order valence-corrected chi connectivity index (χ0v) is 15.3. The normalized spacial score (nSPS) is 14.0. The number of hydrogen-bond acceptors (Lipinski definition) is 2. The molecule has 4 heteroatoms. The van der Waals surface area contributed by atoms with E-state index in [0.29, 0.717) is 22.7 Å². The first-order valence-corrected chi connectivity index (χ1v) is 9.27. The topological polar surface area (TPSA) is 21.3 Å². The van der Waals surface area contributed by atoms with Crippen molar-refractivity contribution in [1.82, 2.24) is 5.32 Å². The molecule has 1 N–H and O–H groups in total. The molecule has 0 unspecified atom stereocenters. The van der Waals surface area contributed by atoms with E-state index in [0.717, 1.165) is 17.9 Å². The average Bonchev–Trinajstić information content (AvgIpc) is 3.44. The summed E-state index contributed by atoms with van der Waals surface area (Å²) in [6.45, 7) is 1.16. The highest BCUT2D eigenvalue weighted by Crippen LogP contribution is 2.32. The van der Waals surface area contributed by atoms with Crippen LogP contribution >= 0.6 is 23.2 Å². The van der Waals surface area contributed by atoms with Crippen LogP contribution in [0.2, 0.25) is 10.0 Å². The van der Waals surface area contributed by atoms with Crippen LogP contribution in [0.3, 0.4) is 0 Å². The minimum Gasteiger partial charge on any atom is -0.488 e. The minimum atomic E-state index is 0.354. The lowest BCUT2D eigenvalue weighted by molar-refractivity contribution is 0.303. The van der Waals surface area contributed by atoms with E-state index >= 15 is 0 Å². The Morgan fingerprint density at radius 3 is 2.40 bits per heavy atom. The van der Waals surface area contributed by atoms with Gasteiger partial charge in [-0.25, -0.2) is 0 Å². The Hall–Kier alpha value is -1.74. The number of nitrogens with one attached hydrogen (secondary N) is 1. The molecule has 0 saturated heterocycles. The summed E-state index contributed by atoms with van der Waals surface area (Å²) in [7, 11) is 0. The van der Waals surface area contributed by atoms with Crippen molar-refractivity contribution in [3.63, 3.8) is 0 Å². The van der Waals surface area contributed by atoms with Crippen LogP contribution < -0.4 is 10.1 Å². The van der Waals surface area contributed by atoms with E-state index in [1.807, 2.05) is 24.3 Å². The molecule has 4 rings (SSSR count). The number of ether oxygens (including phenoxy) is 1. The molecule has 0 spiro atoms. The van der Waals surface area contributed by atoms with Crippen LogP contribution in [0.4, 0.5) is 0 Å². The number of benzene rings is 3. The smallest absolute Gasteiger partial charge is 0.124 e. The largest absolute Gasteiger partial charge is 0.488 e. The van der Waals surface area contributed by atoms with E-state index in [1.54, 1.807) is 0 Å². The number of halogens is 2. The van der Waals surface area contributed by atoms with Crippen LogP contribution in [0.25, 0.3) is 10.8 Å². The molecule has 1 fully saturated rings. The molecular weight excluding hydrogens is 353 g/mol. The van der Waals surface area contributed by atoms with Gasteiger partial charge in [-0.2, -0.15) is 0 Å². The van der Waals surface area contributed by atoms with E-state index in [4.69, 9.17) is 27.9 Å². The third-order valence-electron chi connectivity index (χ3n) is 4.58. The van der Waals surface area contributed by atoms with Crippen LogP contribution in [0.1, 0.15) is 24.0 Å². The lowest BCUT2D eigenvalue weighted by Gasteiger charge is -2.16. The zero-order chi connectivity index (χ0) is 17.2. The maximum Gasteiger partial charge on any atom is 0.124 e. The monoisotopic (exact) mass is 371 g/mol. The van der Waals surface area contributed by atoms with Crippen LogP contribution in [0, 0.1) is 0 Å². The standard InChI is InChI=1S/C21H19Cl2NO/c22-19-6-3-7-20(23)18(19)13-25-21-11-8-14-4-1-2-5-16(14)17(21)12-24-15-9-10-15/h1-8,11,15,24H,9-10,12-13H2. The molecule has 2 nitrogen and oxygen atoms in total. The lowest BCUT2D eigenvalue weighted by Crippen LogP contribution is -2.16. The Kier molecular flexibility index (Phi) is 4.85.